The maximum atomic E-state index is 5.67. The highest BCUT2D eigenvalue weighted by atomic mass is 16.5. The van der Waals surface area contributed by atoms with Gasteiger partial charge in [-0.15, -0.1) is 5.10 Å². The van der Waals surface area contributed by atoms with E-state index < -0.39 is 0 Å². The normalized spacial score (nSPS) is 16.1. The van der Waals surface area contributed by atoms with Gasteiger partial charge in [0.15, 0.2) is 0 Å². The van der Waals surface area contributed by atoms with Crippen LogP contribution in [0.5, 0.6) is 5.88 Å². The number of hydrogen-bond acceptors (Lipinski definition) is 4. The van der Waals surface area contributed by atoms with Gasteiger partial charge in [0.25, 0.3) is 5.88 Å². The van der Waals surface area contributed by atoms with Gasteiger partial charge in [0, 0.05) is 5.92 Å². The van der Waals surface area contributed by atoms with Crippen LogP contribution in [0.4, 0.5) is 5.69 Å². The van der Waals surface area contributed by atoms with Gasteiger partial charge in [-0.1, -0.05) is 0 Å². The topological polar surface area (TPSA) is 61.0 Å². The van der Waals surface area contributed by atoms with E-state index in [-0.39, 0.29) is 0 Å². The zero-order valence-corrected chi connectivity index (χ0v) is 6.95. The van der Waals surface area contributed by atoms with Crippen molar-refractivity contribution >= 4 is 5.69 Å². The number of nitrogens with zero attached hydrogens (tertiary/aromatic N) is 2. The fourth-order valence-electron chi connectivity index (χ4n) is 1.15. The van der Waals surface area contributed by atoms with Crippen LogP contribution in [0.2, 0.25) is 0 Å². The molecule has 64 valence electrons. The molecule has 1 aliphatic carbocycles. The number of methoxy groups -OCH3 is 1. The van der Waals surface area contributed by atoms with Gasteiger partial charge in [0.2, 0.25) is 0 Å². The maximum Gasteiger partial charge on any atom is 0.256 e. The molecule has 12 heavy (non-hydrogen) atoms. The number of nitrogens with two attached hydrogens (primary N) is 1. The molecule has 0 bridgehead atoms. The van der Waals surface area contributed by atoms with E-state index in [1.807, 2.05) is 6.07 Å². The van der Waals surface area contributed by atoms with Gasteiger partial charge in [-0.05, 0) is 18.9 Å². The van der Waals surface area contributed by atoms with Crippen molar-refractivity contribution in [2.75, 3.05) is 12.8 Å². The van der Waals surface area contributed by atoms with E-state index in [4.69, 9.17) is 10.5 Å². The molecule has 1 fully saturated rings. The zero-order chi connectivity index (χ0) is 8.55. The third-order valence-electron chi connectivity index (χ3n) is 2.00. The number of ether oxygens (including phenoxy) is 1. The Kier molecular flexibility index (Phi) is 1.60. The second-order valence-electron chi connectivity index (χ2n) is 3.01. The molecule has 4 nitrogen and oxygen atoms in total. The smallest absolute Gasteiger partial charge is 0.256 e. The lowest BCUT2D eigenvalue weighted by molar-refractivity contribution is 0.393. The first-order valence-electron chi connectivity index (χ1n) is 3.98. The molecule has 1 aromatic heterocycles. The number of hydrogen-bond donors (Lipinski definition) is 1. The Balaban J connectivity index is 2.30. The third kappa shape index (κ3) is 1.20. The summed E-state index contributed by atoms with van der Waals surface area (Å²) < 4.78 is 4.90. The minimum absolute atomic E-state index is 0.416. The fourth-order valence-corrected chi connectivity index (χ4v) is 1.15. The van der Waals surface area contributed by atoms with Crippen LogP contribution in [0.3, 0.4) is 0 Å². The highest BCUT2D eigenvalue weighted by Crippen LogP contribution is 2.39. The molecule has 4 heteroatoms. The van der Waals surface area contributed by atoms with Crippen LogP contribution in [-0.4, -0.2) is 17.3 Å². The van der Waals surface area contributed by atoms with Gasteiger partial charge in [-0.25, -0.2) is 0 Å². The Morgan fingerprint density at radius 2 is 2.25 bits per heavy atom. The fraction of sp³-hybridized carbons (Fsp3) is 0.500. The predicted octanol–water partition coefficient (Wildman–Crippen LogP) is 0.945. The van der Waals surface area contributed by atoms with Crippen molar-refractivity contribution in [1.82, 2.24) is 10.2 Å². The predicted molar refractivity (Wildman–Crippen MR) is 45.0 cm³/mol. The van der Waals surface area contributed by atoms with Gasteiger partial charge in [-0.2, -0.15) is 5.10 Å². The van der Waals surface area contributed by atoms with Crippen LogP contribution < -0.4 is 10.5 Å². The summed E-state index contributed by atoms with van der Waals surface area (Å²) in [4.78, 5) is 0. The lowest BCUT2D eigenvalue weighted by Crippen LogP contribution is -1.99. The van der Waals surface area contributed by atoms with Crippen molar-refractivity contribution in [3.8, 4) is 5.88 Å². The molecule has 0 radical (unpaired) electrons. The summed E-state index contributed by atoms with van der Waals surface area (Å²) in [5.41, 5.74) is 7.24. The summed E-state index contributed by atoms with van der Waals surface area (Å²) in [6.45, 7) is 0. The van der Waals surface area contributed by atoms with Crippen LogP contribution in [0.25, 0.3) is 0 Å². The lowest BCUT2D eigenvalue weighted by Gasteiger charge is -2.02. The molecule has 0 unspecified atom stereocenters. The Labute approximate surface area is 70.7 Å². The minimum atomic E-state index is 0.416. The quantitative estimate of drug-likeness (QED) is 0.708. The molecule has 1 aromatic rings. The van der Waals surface area contributed by atoms with Crippen LogP contribution >= 0.6 is 0 Å². The van der Waals surface area contributed by atoms with Crippen molar-refractivity contribution < 1.29 is 4.74 Å². The average Bonchev–Trinajstić information content (AvgIpc) is 2.86. The van der Waals surface area contributed by atoms with E-state index in [0.29, 0.717) is 17.5 Å². The van der Waals surface area contributed by atoms with Crippen molar-refractivity contribution in [3.05, 3.63) is 11.8 Å². The van der Waals surface area contributed by atoms with Crippen LogP contribution in [0.15, 0.2) is 6.07 Å². The summed E-state index contributed by atoms with van der Waals surface area (Å²) in [5, 5.41) is 7.88. The molecule has 1 aliphatic rings. The van der Waals surface area contributed by atoms with Gasteiger partial charge in [-0.3, -0.25) is 0 Å². The molecule has 0 amide bonds. The zero-order valence-electron chi connectivity index (χ0n) is 6.95. The van der Waals surface area contributed by atoms with Gasteiger partial charge < -0.3 is 10.5 Å². The molecule has 2 N–H and O–H groups in total. The van der Waals surface area contributed by atoms with Crippen molar-refractivity contribution in [1.29, 1.82) is 0 Å². The van der Waals surface area contributed by atoms with Gasteiger partial charge in [0.05, 0.1) is 18.5 Å². The highest BCUT2D eigenvalue weighted by Gasteiger charge is 2.26. The van der Waals surface area contributed by atoms with Crippen LogP contribution in [-0.2, 0) is 0 Å². The summed E-state index contributed by atoms with van der Waals surface area (Å²) >= 11 is 0. The Morgan fingerprint density at radius 1 is 1.50 bits per heavy atom. The molecule has 0 aliphatic heterocycles. The molecular formula is C8H11N3O. The SMILES string of the molecule is COc1nnc(C2CC2)cc1N. The standard InChI is InChI=1S/C8H11N3O/c1-12-8-6(9)4-7(10-11-8)5-2-3-5/h4-5H,2-3H2,1H3,(H2,9,10). The van der Waals surface area contributed by atoms with Gasteiger partial charge >= 0.3 is 0 Å². The van der Waals surface area contributed by atoms with Gasteiger partial charge in [0.1, 0.15) is 0 Å². The maximum absolute atomic E-state index is 5.67. The van der Waals surface area contributed by atoms with Crippen LogP contribution in [0, 0.1) is 0 Å². The van der Waals surface area contributed by atoms with E-state index in [1.54, 1.807) is 0 Å². The molecule has 1 saturated carbocycles. The van der Waals surface area contributed by atoms with E-state index >= 15 is 0 Å². The second-order valence-corrected chi connectivity index (χ2v) is 3.01. The first-order chi connectivity index (χ1) is 5.81. The second kappa shape index (κ2) is 2.62. The largest absolute Gasteiger partial charge is 0.478 e. The Hall–Kier alpha value is -1.32. The van der Waals surface area contributed by atoms with Crippen molar-refractivity contribution in [2.24, 2.45) is 0 Å². The van der Waals surface area contributed by atoms with E-state index in [1.165, 1.54) is 20.0 Å². The van der Waals surface area contributed by atoms with Crippen molar-refractivity contribution in [3.63, 3.8) is 0 Å². The first-order valence-corrected chi connectivity index (χ1v) is 3.98. The number of rotatable bonds is 2. The number of aromatic nitrogens is 2. The lowest BCUT2D eigenvalue weighted by atomic mass is 10.2. The molecule has 0 spiro atoms. The van der Waals surface area contributed by atoms with Crippen molar-refractivity contribution in [2.45, 2.75) is 18.8 Å². The molecular weight excluding hydrogens is 154 g/mol. The summed E-state index contributed by atoms with van der Waals surface area (Å²) in [7, 11) is 1.54. The number of anilines is 1. The van der Waals surface area contributed by atoms with Crippen LogP contribution in [0.1, 0.15) is 24.5 Å². The Bertz CT molecular complexity index is 296. The molecule has 0 atom stereocenters. The Morgan fingerprint density at radius 3 is 2.75 bits per heavy atom. The molecule has 2 rings (SSSR count). The third-order valence-corrected chi connectivity index (χ3v) is 2.00. The molecule has 1 heterocycles. The van der Waals surface area contributed by atoms with E-state index in [9.17, 15) is 0 Å². The van der Waals surface area contributed by atoms with E-state index in [2.05, 4.69) is 10.2 Å². The molecule has 0 aromatic carbocycles. The van der Waals surface area contributed by atoms with E-state index in [0.717, 1.165) is 5.69 Å². The summed E-state index contributed by atoms with van der Waals surface area (Å²) in [6, 6.07) is 1.85. The minimum Gasteiger partial charge on any atom is -0.478 e. The monoisotopic (exact) mass is 165 g/mol. The average molecular weight is 165 g/mol. The highest BCUT2D eigenvalue weighted by molar-refractivity contribution is 5.48. The molecule has 0 saturated heterocycles. The first kappa shape index (κ1) is 7.34. The summed E-state index contributed by atoms with van der Waals surface area (Å²) in [5.74, 6) is 1.00. The number of nitrogen functional groups attached to an aromatic ring is 1. The summed E-state index contributed by atoms with van der Waals surface area (Å²) in [6.07, 6.45) is 2.42.